The van der Waals surface area contributed by atoms with Crippen molar-refractivity contribution in [1.82, 2.24) is 5.32 Å². The molecule has 0 unspecified atom stereocenters. The van der Waals surface area contributed by atoms with Crippen molar-refractivity contribution in [3.8, 4) is 0 Å². The fraction of sp³-hybridized carbons (Fsp3) is 0.316. The maximum Gasteiger partial charge on any atom is 0.251 e. The second-order valence-electron chi connectivity index (χ2n) is 6.17. The van der Waals surface area contributed by atoms with Crippen LogP contribution in [0.1, 0.15) is 40.7 Å². The van der Waals surface area contributed by atoms with Crippen molar-refractivity contribution < 1.29 is 9.00 Å². The number of carbonyl (C=O) groups is 1. The van der Waals surface area contributed by atoms with E-state index in [1.807, 2.05) is 42.5 Å². The smallest absolute Gasteiger partial charge is 0.251 e. The number of carbonyl (C=O) groups excluding carboxylic acids is 1. The highest BCUT2D eigenvalue weighted by Crippen LogP contribution is 2.41. The lowest BCUT2D eigenvalue weighted by Crippen LogP contribution is -2.50. The first-order chi connectivity index (χ1) is 11.1. The van der Waals surface area contributed by atoms with Crippen LogP contribution in [0.15, 0.2) is 54.6 Å². The van der Waals surface area contributed by atoms with Crippen LogP contribution in [-0.4, -0.2) is 16.4 Å². The highest BCUT2D eigenvalue weighted by atomic mass is 32.2. The summed E-state index contributed by atoms with van der Waals surface area (Å²) in [6.45, 7) is 0. The minimum absolute atomic E-state index is 0.0581. The zero-order valence-corrected chi connectivity index (χ0v) is 14.1. The quantitative estimate of drug-likeness (QED) is 0.915. The number of benzene rings is 2. The monoisotopic (exact) mass is 327 g/mol. The van der Waals surface area contributed by atoms with E-state index in [1.54, 1.807) is 6.26 Å². The van der Waals surface area contributed by atoms with Crippen LogP contribution >= 0.6 is 0 Å². The Morgan fingerprint density at radius 1 is 1.13 bits per heavy atom. The predicted octanol–water partition coefficient (Wildman–Crippen LogP) is 3.37. The minimum atomic E-state index is -0.909. The van der Waals surface area contributed by atoms with Crippen molar-refractivity contribution in [3.63, 3.8) is 0 Å². The number of amides is 1. The summed E-state index contributed by atoms with van der Waals surface area (Å²) in [7, 11) is -0.909. The average Bonchev–Trinajstić information content (AvgIpc) is 2.51. The van der Waals surface area contributed by atoms with Gasteiger partial charge in [-0.2, -0.15) is 0 Å². The van der Waals surface area contributed by atoms with Crippen LogP contribution in [0.5, 0.6) is 0 Å². The van der Waals surface area contributed by atoms with Crippen LogP contribution < -0.4 is 5.32 Å². The zero-order chi connectivity index (χ0) is 16.3. The molecule has 120 valence electrons. The topological polar surface area (TPSA) is 46.2 Å². The number of hydrogen-bond acceptors (Lipinski definition) is 2. The van der Waals surface area contributed by atoms with Gasteiger partial charge in [0.2, 0.25) is 0 Å². The van der Waals surface area contributed by atoms with Gasteiger partial charge in [-0.05, 0) is 42.5 Å². The number of rotatable bonds is 5. The summed E-state index contributed by atoms with van der Waals surface area (Å²) in [5, 5.41) is 3.23. The first kappa shape index (κ1) is 15.9. The van der Waals surface area contributed by atoms with Gasteiger partial charge in [-0.1, -0.05) is 42.5 Å². The average molecular weight is 327 g/mol. The Hall–Kier alpha value is -1.94. The van der Waals surface area contributed by atoms with Crippen molar-refractivity contribution in [2.45, 2.75) is 30.6 Å². The Morgan fingerprint density at radius 2 is 1.87 bits per heavy atom. The molecule has 1 fully saturated rings. The molecule has 0 aromatic heterocycles. The SMILES string of the molecule is C[S@](=O)Cc1cccc(C(=O)NC2(c3ccccc3)CCC2)c1. The lowest BCUT2D eigenvalue weighted by molar-refractivity contribution is 0.0823. The molecule has 1 saturated carbocycles. The highest BCUT2D eigenvalue weighted by Gasteiger charge is 2.39. The molecule has 2 aromatic carbocycles. The number of nitrogens with one attached hydrogen (secondary N) is 1. The molecule has 1 aliphatic rings. The third-order valence-corrected chi connectivity index (χ3v) is 5.19. The standard InChI is InChI=1S/C19H21NO2S/c1-23(22)14-15-7-5-8-16(13-15)18(21)20-19(11-6-12-19)17-9-3-2-4-10-17/h2-5,7-10,13H,6,11-12,14H2,1H3,(H,20,21)/t23-/m0/s1. The van der Waals surface area contributed by atoms with Gasteiger partial charge in [0.15, 0.2) is 0 Å². The Kier molecular flexibility index (Phi) is 4.62. The third-order valence-electron chi connectivity index (χ3n) is 4.45. The van der Waals surface area contributed by atoms with Gasteiger partial charge in [0.25, 0.3) is 5.91 Å². The molecule has 0 bridgehead atoms. The van der Waals surface area contributed by atoms with Crippen LogP contribution in [0.3, 0.4) is 0 Å². The molecular weight excluding hydrogens is 306 g/mol. The van der Waals surface area contributed by atoms with E-state index in [2.05, 4.69) is 17.4 Å². The molecule has 0 saturated heterocycles. The van der Waals surface area contributed by atoms with Gasteiger partial charge >= 0.3 is 0 Å². The van der Waals surface area contributed by atoms with E-state index in [9.17, 15) is 9.00 Å². The van der Waals surface area contributed by atoms with E-state index in [0.717, 1.165) is 24.8 Å². The fourth-order valence-corrected chi connectivity index (χ4v) is 3.75. The van der Waals surface area contributed by atoms with E-state index in [4.69, 9.17) is 0 Å². The lowest BCUT2D eigenvalue weighted by atomic mass is 9.71. The molecule has 23 heavy (non-hydrogen) atoms. The molecule has 4 heteroatoms. The normalized spacial score (nSPS) is 17.1. The molecule has 1 amide bonds. The van der Waals surface area contributed by atoms with Crippen LogP contribution in [0.4, 0.5) is 0 Å². The van der Waals surface area contributed by atoms with Crippen molar-refractivity contribution in [2.75, 3.05) is 6.26 Å². The van der Waals surface area contributed by atoms with Crippen molar-refractivity contribution in [1.29, 1.82) is 0 Å². The largest absolute Gasteiger partial charge is 0.343 e. The molecule has 0 heterocycles. The Bertz CT molecular complexity index is 723. The first-order valence-corrected chi connectivity index (χ1v) is 9.59. The lowest BCUT2D eigenvalue weighted by Gasteiger charge is -2.43. The first-order valence-electron chi connectivity index (χ1n) is 7.86. The van der Waals surface area contributed by atoms with Gasteiger partial charge in [0.1, 0.15) is 0 Å². The maximum atomic E-state index is 12.7. The second-order valence-corrected chi connectivity index (χ2v) is 7.61. The Balaban J connectivity index is 1.80. The van der Waals surface area contributed by atoms with Gasteiger partial charge < -0.3 is 5.32 Å². The van der Waals surface area contributed by atoms with E-state index in [1.165, 1.54) is 5.56 Å². The molecule has 0 radical (unpaired) electrons. The summed E-state index contributed by atoms with van der Waals surface area (Å²) in [4.78, 5) is 12.7. The van der Waals surface area contributed by atoms with Crippen molar-refractivity contribution >= 4 is 16.7 Å². The molecule has 1 atom stereocenters. The zero-order valence-electron chi connectivity index (χ0n) is 13.2. The molecular formula is C19H21NO2S. The molecule has 1 N–H and O–H groups in total. The van der Waals surface area contributed by atoms with Crippen molar-refractivity contribution in [2.24, 2.45) is 0 Å². The fourth-order valence-electron chi connectivity index (χ4n) is 3.10. The highest BCUT2D eigenvalue weighted by molar-refractivity contribution is 7.83. The van der Waals surface area contributed by atoms with Crippen LogP contribution in [0, 0.1) is 0 Å². The summed E-state index contributed by atoms with van der Waals surface area (Å²) in [6.07, 6.45) is 4.75. The third kappa shape index (κ3) is 3.53. The second kappa shape index (κ2) is 6.67. The predicted molar refractivity (Wildman–Crippen MR) is 93.6 cm³/mol. The molecule has 3 rings (SSSR count). The minimum Gasteiger partial charge on any atom is -0.343 e. The maximum absolute atomic E-state index is 12.7. The molecule has 0 spiro atoms. The molecule has 3 nitrogen and oxygen atoms in total. The Morgan fingerprint density at radius 3 is 2.48 bits per heavy atom. The van der Waals surface area contributed by atoms with E-state index in [-0.39, 0.29) is 11.4 Å². The summed E-state index contributed by atoms with van der Waals surface area (Å²) in [5.74, 6) is 0.419. The van der Waals surface area contributed by atoms with E-state index in [0.29, 0.717) is 11.3 Å². The van der Waals surface area contributed by atoms with Gasteiger partial charge in [0.05, 0.1) is 5.54 Å². The van der Waals surface area contributed by atoms with Gasteiger partial charge in [0, 0.05) is 28.4 Å². The summed E-state index contributed by atoms with van der Waals surface area (Å²) in [5.41, 5.74) is 2.50. The van der Waals surface area contributed by atoms with Crippen LogP contribution in [-0.2, 0) is 22.1 Å². The summed E-state index contributed by atoms with van der Waals surface area (Å²) < 4.78 is 11.4. The number of hydrogen-bond donors (Lipinski definition) is 1. The Labute approximate surface area is 139 Å². The molecule has 1 aliphatic carbocycles. The summed E-state index contributed by atoms with van der Waals surface area (Å²) >= 11 is 0. The van der Waals surface area contributed by atoms with Crippen molar-refractivity contribution in [3.05, 3.63) is 71.3 Å². The van der Waals surface area contributed by atoms with Gasteiger partial charge in [-0.3, -0.25) is 9.00 Å². The van der Waals surface area contributed by atoms with Gasteiger partial charge in [-0.15, -0.1) is 0 Å². The van der Waals surface area contributed by atoms with Crippen LogP contribution in [0.25, 0.3) is 0 Å². The van der Waals surface area contributed by atoms with Crippen LogP contribution in [0.2, 0.25) is 0 Å². The molecule has 0 aliphatic heterocycles. The molecule has 2 aromatic rings. The van der Waals surface area contributed by atoms with E-state index >= 15 is 0 Å². The summed E-state index contributed by atoms with van der Waals surface area (Å²) in [6, 6.07) is 17.6. The van der Waals surface area contributed by atoms with Gasteiger partial charge in [-0.25, -0.2) is 0 Å². The van der Waals surface area contributed by atoms with E-state index < -0.39 is 10.8 Å².